The molecule has 0 saturated carbocycles. The predicted molar refractivity (Wildman–Crippen MR) is 84.9 cm³/mol. The van der Waals surface area contributed by atoms with Crippen LogP contribution in [0, 0.1) is 11.3 Å². The number of likely N-dealkylation sites (N-methyl/N-ethyl adjacent to an activating group) is 1. The molecule has 0 radical (unpaired) electrons. The third-order valence-corrected chi connectivity index (χ3v) is 3.47. The summed E-state index contributed by atoms with van der Waals surface area (Å²) in [5.74, 6) is -1.72. The summed E-state index contributed by atoms with van der Waals surface area (Å²) in [7, 11) is 2.57. The number of esters is 1. The van der Waals surface area contributed by atoms with E-state index >= 15 is 0 Å². The van der Waals surface area contributed by atoms with Gasteiger partial charge >= 0.3 is 5.97 Å². The fraction of sp³-hybridized carbons (Fsp3) is 0.188. The molecule has 1 aliphatic heterocycles. The molecule has 1 heterocycles. The second-order valence-corrected chi connectivity index (χ2v) is 4.92. The summed E-state index contributed by atoms with van der Waals surface area (Å²) < 4.78 is 4.60. The van der Waals surface area contributed by atoms with Crippen molar-refractivity contribution in [1.29, 1.82) is 5.26 Å². The van der Waals surface area contributed by atoms with Crippen LogP contribution in [0.3, 0.4) is 0 Å². The third-order valence-electron chi connectivity index (χ3n) is 3.47. The molecule has 0 fully saturated rings. The van der Waals surface area contributed by atoms with Crippen molar-refractivity contribution in [1.82, 2.24) is 4.90 Å². The Labute approximate surface area is 138 Å². The van der Waals surface area contributed by atoms with Gasteiger partial charge in [-0.1, -0.05) is 0 Å². The Morgan fingerprint density at radius 1 is 1.25 bits per heavy atom. The summed E-state index contributed by atoms with van der Waals surface area (Å²) in [6.45, 7) is 1.49. The molecule has 8 heteroatoms. The first-order chi connectivity index (χ1) is 11.4. The van der Waals surface area contributed by atoms with E-state index in [0.29, 0.717) is 11.3 Å². The average Bonchev–Trinajstić information content (AvgIpc) is 2.60. The Bertz CT molecular complexity index is 815. The number of methoxy groups -OCH3 is 1. The van der Waals surface area contributed by atoms with Crippen molar-refractivity contribution in [3.05, 3.63) is 41.0 Å². The highest BCUT2D eigenvalue weighted by Gasteiger charge is 2.34. The van der Waals surface area contributed by atoms with Gasteiger partial charge in [0.25, 0.3) is 11.8 Å². The van der Waals surface area contributed by atoms with Gasteiger partial charge in [-0.25, -0.2) is 4.79 Å². The molecule has 0 bridgehead atoms. The third kappa shape index (κ3) is 3.01. The maximum Gasteiger partial charge on any atom is 0.337 e. The molecule has 24 heavy (non-hydrogen) atoms. The lowest BCUT2D eigenvalue weighted by atomic mass is 10.00. The molecular weight excluding hydrogens is 312 g/mol. The largest absolute Gasteiger partial charge is 0.465 e. The van der Waals surface area contributed by atoms with E-state index < -0.39 is 17.8 Å². The van der Waals surface area contributed by atoms with Crippen LogP contribution in [0.4, 0.5) is 5.69 Å². The van der Waals surface area contributed by atoms with E-state index in [1.807, 2.05) is 0 Å². The Kier molecular flexibility index (Phi) is 4.75. The van der Waals surface area contributed by atoms with E-state index in [-0.39, 0.29) is 16.9 Å². The number of hydrogen-bond acceptors (Lipinski definition) is 7. The molecule has 8 nitrogen and oxygen atoms in total. The number of imide groups is 1. The molecule has 122 valence electrons. The van der Waals surface area contributed by atoms with Crippen LogP contribution >= 0.6 is 0 Å². The van der Waals surface area contributed by atoms with Gasteiger partial charge in [0.15, 0.2) is 5.71 Å². The topological polar surface area (TPSA) is 112 Å². The number of nitrogens with zero attached hydrogens (tertiary/aromatic N) is 3. The number of anilines is 1. The van der Waals surface area contributed by atoms with Crippen LogP contribution in [0.2, 0.25) is 0 Å². The van der Waals surface area contributed by atoms with E-state index in [4.69, 9.17) is 5.26 Å². The molecule has 1 aromatic rings. The van der Waals surface area contributed by atoms with Gasteiger partial charge in [0, 0.05) is 12.6 Å². The molecule has 0 aromatic heterocycles. The number of rotatable bonds is 3. The Morgan fingerprint density at radius 3 is 2.42 bits per heavy atom. The molecule has 0 unspecified atom stereocenters. The summed E-state index contributed by atoms with van der Waals surface area (Å²) in [6, 6.07) is 8.03. The number of carbonyl (C=O) groups excluding carboxylic acids is 3. The van der Waals surface area contributed by atoms with Gasteiger partial charge in [-0.05, 0) is 31.2 Å². The maximum absolute atomic E-state index is 12.1. The van der Waals surface area contributed by atoms with Gasteiger partial charge in [-0.3, -0.25) is 19.9 Å². The molecule has 0 spiro atoms. The van der Waals surface area contributed by atoms with E-state index in [2.05, 4.69) is 15.3 Å². The zero-order valence-electron chi connectivity index (χ0n) is 13.3. The number of carbonyl (C=O) groups is 3. The summed E-state index contributed by atoms with van der Waals surface area (Å²) in [4.78, 5) is 36.2. The number of amides is 2. The van der Waals surface area contributed by atoms with Gasteiger partial charge < -0.3 is 4.74 Å². The van der Waals surface area contributed by atoms with Crippen LogP contribution in [0.15, 0.2) is 40.5 Å². The van der Waals surface area contributed by atoms with E-state index in [1.165, 1.54) is 33.2 Å². The quantitative estimate of drug-likeness (QED) is 0.505. The van der Waals surface area contributed by atoms with Crippen LogP contribution in [-0.4, -0.2) is 42.6 Å². The van der Waals surface area contributed by atoms with Crippen LogP contribution in [0.1, 0.15) is 17.3 Å². The van der Waals surface area contributed by atoms with Crippen LogP contribution in [-0.2, 0) is 14.3 Å². The van der Waals surface area contributed by atoms with E-state index in [9.17, 15) is 14.4 Å². The van der Waals surface area contributed by atoms with Gasteiger partial charge in [0.2, 0.25) is 0 Å². The van der Waals surface area contributed by atoms with Crippen molar-refractivity contribution in [2.45, 2.75) is 6.92 Å². The minimum absolute atomic E-state index is 0.0225. The van der Waals surface area contributed by atoms with E-state index in [0.717, 1.165) is 4.90 Å². The fourth-order valence-electron chi connectivity index (χ4n) is 2.04. The van der Waals surface area contributed by atoms with Crippen molar-refractivity contribution < 1.29 is 19.1 Å². The maximum atomic E-state index is 12.1. The molecule has 0 atom stereocenters. The molecule has 1 aliphatic rings. The lowest BCUT2D eigenvalue weighted by Crippen LogP contribution is -2.44. The molecule has 2 amide bonds. The molecule has 2 rings (SSSR count). The highest BCUT2D eigenvalue weighted by atomic mass is 16.5. The predicted octanol–water partition coefficient (Wildman–Crippen LogP) is 1.08. The van der Waals surface area contributed by atoms with Crippen molar-refractivity contribution in [3.63, 3.8) is 0 Å². The zero-order chi connectivity index (χ0) is 17.9. The average molecular weight is 326 g/mol. The first kappa shape index (κ1) is 16.9. The number of nitriles is 1. The first-order valence-electron chi connectivity index (χ1n) is 6.86. The molecular formula is C16H14N4O4. The molecule has 1 aromatic carbocycles. The van der Waals surface area contributed by atoms with Crippen LogP contribution in [0.25, 0.3) is 0 Å². The van der Waals surface area contributed by atoms with E-state index in [1.54, 1.807) is 18.2 Å². The standard InChI is InChI=1S/C16H14N4O4/c1-9-12(8-17)14(21)20(2)15(22)13(9)19-18-11-6-4-10(5-7-11)16(23)24-3/h4-7,18H,1-3H3/b19-13-. The van der Waals surface area contributed by atoms with Crippen molar-refractivity contribution >= 4 is 29.2 Å². The smallest absolute Gasteiger partial charge is 0.337 e. The highest BCUT2D eigenvalue weighted by Crippen LogP contribution is 2.18. The van der Waals surface area contributed by atoms with Crippen molar-refractivity contribution in [2.24, 2.45) is 5.10 Å². The Morgan fingerprint density at radius 2 is 1.88 bits per heavy atom. The first-order valence-corrected chi connectivity index (χ1v) is 6.86. The number of benzene rings is 1. The lowest BCUT2D eigenvalue weighted by molar-refractivity contribution is -0.136. The fourth-order valence-corrected chi connectivity index (χ4v) is 2.04. The SMILES string of the molecule is COC(=O)c1ccc(N/N=C2\C(=O)N(C)C(=O)C(C#N)=C2C)cc1. The zero-order valence-corrected chi connectivity index (χ0v) is 13.3. The number of nitrogens with one attached hydrogen (secondary N) is 1. The van der Waals surface area contributed by atoms with Crippen molar-refractivity contribution in [3.8, 4) is 6.07 Å². The van der Waals surface area contributed by atoms with Gasteiger partial charge in [0.05, 0.1) is 18.4 Å². The molecule has 0 aliphatic carbocycles. The minimum atomic E-state index is -0.651. The number of ether oxygens (including phenoxy) is 1. The monoisotopic (exact) mass is 326 g/mol. The Balaban J connectivity index is 2.29. The summed E-state index contributed by atoms with van der Waals surface area (Å²) >= 11 is 0. The van der Waals surface area contributed by atoms with Gasteiger partial charge in [0.1, 0.15) is 11.6 Å². The second kappa shape index (κ2) is 6.75. The lowest BCUT2D eigenvalue weighted by Gasteiger charge is -2.22. The summed E-state index contributed by atoms with van der Waals surface area (Å²) in [5.41, 5.74) is 3.63. The molecule has 1 N–H and O–H groups in total. The highest BCUT2D eigenvalue weighted by molar-refractivity contribution is 6.50. The Hall–Kier alpha value is -3.47. The minimum Gasteiger partial charge on any atom is -0.465 e. The summed E-state index contributed by atoms with van der Waals surface area (Å²) in [6.07, 6.45) is 0. The summed E-state index contributed by atoms with van der Waals surface area (Å²) in [5, 5.41) is 13.1. The number of hydrogen-bond donors (Lipinski definition) is 1. The number of hydrazone groups is 1. The molecule has 0 saturated heterocycles. The van der Waals surface area contributed by atoms with Gasteiger partial charge in [-0.15, -0.1) is 0 Å². The second-order valence-electron chi connectivity index (χ2n) is 4.92. The van der Waals surface area contributed by atoms with Crippen LogP contribution in [0.5, 0.6) is 0 Å². The van der Waals surface area contributed by atoms with Crippen LogP contribution < -0.4 is 5.43 Å². The van der Waals surface area contributed by atoms with Crippen molar-refractivity contribution in [2.75, 3.05) is 19.6 Å². The normalized spacial score (nSPS) is 16.2. The van der Waals surface area contributed by atoms with Gasteiger partial charge in [-0.2, -0.15) is 10.4 Å².